The molecule has 328 valence electrons. The van der Waals surface area contributed by atoms with E-state index in [0.29, 0.717) is 34.2 Å². The van der Waals surface area contributed by atoms with Crippen LogP contribution in [0.3, 0.4) is 0 Å². The molecule has 15 nitrogen and oxygen atoms in total. The minimum absolute atomic E-state index is 0.0894. The third-order valence-corrected chi connectivity index (χ3v) is 13.0. The number of rotatable bonds is 11. The van der Waals surface area contributed by atoms with Crippen molar-refractivity contribution in [3.8, 4) is 11.3 Å². The molecule has 15 heteroatoms. The Morgan fingerprint density at radius 1 is 0.844 bits per heavy atom. The van der Waals surface area contributed by atoms with Crippen molar-refractivity contribution in [1.82, 2.24) is 35.0 Å². The molecule has 3 fully saturated rings. The average molecular weight is 861 g/mol. The Morgan fingerprint density at radius 3 is 2.34 bits per heavy atom. The molecule has 3 aromatic carbocycles. The second-order valence-electron chi connectivity index (χ2n) is 17.5. The number of anilines is 4. The molecular formula is C49H52N10O5. The summed E-state index contributed by atoms with van der Waals surface area (Å²) in [5.41, 5.74) is 7.34. The van der Waals surface area contributed by atoms with Crippen molar-refractivity contribution in [3.63, 3.8) is 0 Å². The van der Waals surface area contributed by atoms with Crippen LogP contribution < -0.4 is 20.9 Å². The second kappa shape index (κ2) is 18.1. The summed E-state index contributed by atoms with van der Waals surface area (Å²) in [4.78, 5) is 85.9. The molecule has 3 saturated heterocycles. The Balaban J connectivity index is 0.739. The quantitative estimate of drug-likeness (QED) is 0.131. The van der Waals surface area contributed by atoms with E-state index in [1.165, 1.54) is 5.56 Å². The Morgan fingerprint density at radius 2 is 1.61 bits per heavy atom. The lowest BCUT2D eigenvalue weighted by molar-refractivity contribution is -0.136. The monoisotopic (exact) mass is 860 g/mol. The maximum absolute atomic E-state index is 13.5. The lowest BCUT2D eigenvalue weighted by Gasteiger charge is -2.47. The molecular weight excluding hydrogens is 809 g/mol. The Bertz CT molecular complexity index is 2580. The molecule has 6 heterocycles. The molecule has 0 saturated carbocycles. The number of piperazine rings is 1. The highest BCUT2D eigenvalue weighted by Gasteiger charge is 2.45. The molecule has 3 N–H and O–H groups in total. The van der Waals surface area contributed by atoms with E-state index in [2.05, 4.69) is 59.4 Å². The first kappa shape index (κ1) is 42.5. The summed E-state index contributed by atoms with van der Waals surface area (Å²) >= 11 is 0. The van der Waals surface area contributed by atoms with Gasteiger partial charge in [0.05, 0.1) is 16.8 Å². The highest BCUT2D eigenvalue weighted by Crippen LogP contribution is 2.33. The molecule has 0 bridgehead atoms. The van der Waals surface area contributed by atoms with Gasteiger partial charge in [-0.3, -0.25) is 49.0 Å². The number of hydrogen-bond donors (Lipinski definition) is 3. The van der Waals surface area contributed by atoms with E-state index in [0.717, 1.165) is 85.2 Å². The molecule has 5 amide bonds. The van der Waals surface area contributed by atoms with Crippen LogP contribution in [0.15, 0.2) is 97.5 Å². The molecule has 4 aliphatic rings. The van der Waals surface area contributed by atoms with Gasteiger partial charge in [0.2, 0.25) is 17.8 Å². The zero-order valence-electron chi connectivity index (χ0n) is 36.3. The van der Waals surface area contributed by atoms with Crippen molar-refractivity contribution in [2.24, 2.45) is 5.92 Å². The van der Waals surface area contributed by atoms with Crippen LogP contribution in [0.4, 0.5) is 23.0 Å². The van der Waals surface area contributed by atoms with Crippen LogP contribution in [0.1, 0.15) is 81.7 Å². The number of fused-ring (bicyclic) bond motifs is 1. The Labute approximate surface area is 372 Å². The van der Waals surface area contributed by atoms with Crippen LogP contribution >= 0.6 is 0 Å². The lowest BCUT2D eigenvalue weighted by atomic mass is 9.93. The van der Waals surface area contributed by atoms with Gasteiger partial charge in [-0.1, -0.05) is 18.2 Å². The number of nitrogens with zero attached hydrogens (tertiary/aromatic N) is 7. The number of imide groups is 2. The number of benzene rings is 3. The lowest BCUT2D eigenvalue weighted by Crippen LogP contribution is -2.58. The first-order valence-corrected chi connectivity index (χ1v) is 22.1. The normalized spacial score (nSPS) is 20.9. The predicted octanol–water partition coefficient (Wildman–Crippen LogP) is 6.06. The minimum atomic E-state index is -0.980. The summed E-state index contributed by atoms with van der Waals surface area (Å²) in [5, 5.41) is 8.60. The molecule has 0 aliphatic carbocycles. The first-order valence-electron chi connectivity index (χ1n) is 22.1. The van der Waals surface area contributed by atoms with Gasteiger partial charge in [-0.25, -0.2) is 9.97 Å². The van der Waals surface area contributed by atoms with E-state index in [-0.39, 0.29) is 30.8 Å². The van der Waals surface area contributed by atoms with Gasteiger partial charge in [0.25, 0.3) is 17.7 Å². The van der Waals surface area contributed by atoms with Crippen LogP contribution in [0, 0.1) is 12.8 Å². The van der Waals surface area contributed by atoms with Crippen molar-refractivity contribution in [1.29, 1.82) is 0 Å². The SMILES string of the molecule is Cc1ccc(NC(=O)c2ccc(CN3CCC(CN4C(C)CN(c5ccc6c(c5)C(=O)N(C5CCC(=O)NC5=O)C6=O)CC4C)CC3)cc2)cc1Nc1nccc(-c2cccnc2)n1. The van der Waals surface area contributed by atoms with E-state index < -0.39 is 29.7 Å². The molecule has 9 rings (SSSR count). The number of likely N-dealkylation sites (tertiary alicyclic amines) is 1. The summed E-state index contributed by atoms with van der Waals surface area (Å²) in [6.45, 7) is 12.0. The highest BCUT2D eigenvalue weighted by atomic mass is 16.2. The fourth-order valence-electron chi connectivity index (χ4n) is 9.48. The van der Waals surface area contributed by atoms with Crippen LogP contribution in [-0.4, -0.2) is 110 Å². The molecule has 4 aliphatic heterocycles. The van der Waals surface area contributed by atoms with E-state index in [4.69, 9.17) is 0 Å². The number of nitrogens with one attached hydrogen (secondary N) is 3. The zero-order valence-corrected chi connectivity index (χ0v) is 36.3. The van der Waals surface area contributed by atoms with Crippen LogP contribution in [0.25, 0.3) is 11.3 Å². The average Bonchev–Trinajstić information content (AvgIpc) is 3.54. The second-order valence-corrected chi connectivity index (χ2v) is 17.5. The topological polar surface area (TPSA) is 173 Å². The molecule has 5 aromatic rings. The van der Waals surface area contributed by atoms with Crippen LogP contribution in [0.5, 0.6) is 0 Å². The molecule has 0 radical (unpaired) electrons. The number of aryl methyl sites for hydroxylation is 1. The van der Waals surface area contributed by atoms with Gasteiger partial charge >= 0.3 is 0 Å². The maximum atomic E-state index is 13.5. The smallest absolute Gasteiger partial charge is 0.262 e. The van der Waals surface area contributed by atoms with E-state index in [1.807, 2.05) is 73.7 Å². The number of carbonyl (C=O) groups excluding carboxylic acids is 5. The molecule has 64 heavy (non-hydrogen) atoms. The predicted molar refractivity (Wildman–Crippen MR) is 243 cm³/mol. The van der Waals surface area contributed by atoms with Crippen molar-refractivity contribution >= 4 is 52.5 Å². The van der Waals surface area contributed by atoms with Gasteiger partial charge in [-0.2, -0.15) is 0 Å². The fourth-order valence-corrected chi connectivity index (χ4v) is 9.48. The molecule has 3 unspecified atom stereocenters. The highest BCUT2D eigenvalue weighted by molar-refractivity contribution is 6.23. The van der Waals surface area contributed by atoms with Crippen molar-refractivity contribution in [3.05, 3.63) is 125 Å². The van der Waals surface area contributed by atoms with Crippen LogP contribution in [-0.2, 0) is 16.1 Å². The Hall–Kier alpha value is -6.84. The summed E-state index contributed by atoms with van der Waals surface area (Å²) in [7, 11) is 0. The standard InChI is InChI=1S/C49H52N10O5/c1-30-6-11-37(23-42(30)54-49-51-20-16-41(53-49)36-5-4-19-50-25-36)52-45(61)35-9-7-33(8-10-35)28-56-21-17-34(18-22-56)29-58-31(2)26-57(27-32(58)3)38-12-13-39-40(24-38)48(64)59(47(39)63)43-14-15-44(60)55-46(43)62/h4-13,16,19-20,23-25,31-32,34,43H,14-15,17-18,21-22,26-29H2,1-3H3,(H,52,61)(H,51,53,54)(H,55,60,62). The third kappa shape index (κ3) is 8.99. The minimum Gasteiger partial charge on any atom is -0.368 e. The summed E-state index contributed by atoms with van der Waals surface area (Å²) in [6.07, 6.45) is 7.64. The van der Waals surface area contributed by atoms with Gasteiger partial charge in [0.1, 0.15) is 6.04 Å². The van der Waals surface area contributed by atoms with E-state index >= 15 is 0 Å². The van der Waals surface area contributed by atoms with Gasteiger partial charge in [0.15, 0.2) is 0 Å². The zero-order chi connectivity index (χ0) is 44.5. The molecule has 0 spiro atoms. The number of hydrogen-bond acceptors (Lipinski definition) is 12. The number of aromatic nitrogens is 3. The number of carbonyl (C=O) groups is 5. The van der Waals surface area contributed by atoms with Crippen LogP contribution in [0.2, 0.25) is 0 Å². The van der Waals surface area contributed by atoms with Gasteiger partial charge in [0, 0.05) is 91.5 Å². The summed E-state index contributed by atoms with van der Waals surface area (Å²) in [5.74, 6) is -1.12. The molecule has 3 atom stereocenters. The summed E-state index contributed by atoms with van der Waals surface area (Å²) < 4.78 is 0. The number of amides is 5. The van der Waals surface area contributed by atoms with Crippen molar-refractivity contribution < 1.29 is 24.0 Å². The van der Waals surface area contributed by atoms with Gasteiger partial charge < -0.3 is 15.5 Å². The largest absolute Gasteiger partial charge is 0.368 e. The molecule has 2 aromatic heterocycles. The van der Waals surface area contributed by atoms with Crippen molar-refractivity contribution in [2.75, 3.05) is 48.3 Å². The van der Waals surface area contributed by atoms with Gasteiger partial charge in [-0.05, 0) is 131 Å². The number of piperidine rings is 2. The van der Waals surface area contributed by atoms with Gasteiger partial charge in [-0.15, -0.1) is 0 Å². The first-order chi connectivity index (χ1) is 31.0. The summed E-state index contributed by atoms with van der Waals surface area (Å²) in [6, 6.07) is 24.2. The maximum Gasteiger partial charge on any atom is 0.262 e. The van der Waals surface area contributed by atoms with E-state index in [1.54, 1.807) is 30.7 Å². The van der Waals surface area contributed by atoms with E-state index in [9.17, 15) is 24.0 Å². The third-order valence-electron chi connectivity index (χ3n) is 13.0. The number of pyridine rings is 1. The fraction of sp³-hybridized carbons (Fsp3) is 0.347. The van der Waals surface area contributed by atoms with Crippen molar-refractivity contribution in [2.45, 2.75) is 71.1 Å². The Kier molecular flexibility index (Phi) is 12.0.